The van der Waals surface area contributed by atoms with Crippen molar-refractivity contribution < 1.29 is 0 Å². The van der Waals surface area contributed by atoms with Gasteiger partial charge in [0.05, 0.1) is 0 Å². The molecule has 1 aliphatic carbocycles. The summed E-state index contributed by atoms with van der Waals surface area (Å²) in [4.78, 5) is 1.51. The van der Waals surface area contributed by atoms with Crippen LogP contribution in [0.1, 0.15) is 37.0 Å². The molecule has 1 aromatic heterocycles. The Bertz CT molecular complexity index is 255. The van der Waals surface area contributed by atoms with Crippen molar-refractivity contribution in [3.05, 3.63) is 22.4 Å². The molecule has 2 heteroatoms. The summed E-state index contributed by atoms with van der Waals surface area (Å²) in [6.45, 7) is 0. The summed E-state index contributed by atoms with van der Waals surface area (Å²) in [6, 6.07) is 4.37. The molecule has 1 aliphatic rings. The van der Waals surface area contributed by atoms with Crippen molar-refractivity contribution in [2.45, 2.75) is 43.9 Å². The minimum atomic E-state index is 0.448. The molecule has 0 N–H and O–H groups in total. The van der Waals surface area contributed by atoms with Gasteiger partial charge in [-0.2, -0.15) is 0 Å². The fraction of sp³-hybridized carbons (Fsp3) is 0.667. The fourth-order valence-electron chi connectivity index (χ4n) is 2.27. The number of hydrogen-bond acceptors (Lipinski definition) is 1. The van der Waals surface area contributed by atoms with Crippen molar-refractivity contribution in [2.75, 3.05) is 0 Å². The maximum absolute atomic E-state index is 6.33. The molecule has 1 saturated carbocycles. The van der Waals surface area contributed by atoms with E-state index in [1.54, 1.807) is 0 Å². The monoisotopic (exact) mass is 228 g/mol. The van der Waals surface area contributed by atoms with E-state index in [2.05, 4.69) is 17.5 Å². The standard InChI is InChI=1S/C12H17ClS/c13-12-6-2-1-4-10(12)7-8-11-5-3-9-14-11/h3,5,9-10,12H,1-2,4,6-8H2. The van der Waals surface area contributed by atoms with E-state index in [0.29, 0.717) is 5.38 Å². The lowest BCUT2D eigenvalue weighted by molar-refractivity contribution is 0.347. The molecule has 0 amide bonds. The van der Waals surface area contributed by atoms with Crippen molar-refractivity contribution in [2.24, 2.45) is 5.92 Å². The van der Waals surface area contributed by atoms with Crippen LogP contribution in [-0.2, 0) is 6.42 Å². The molecule has 0 nitrogen and oxygen atoms in total. The molecule has 14 heavy (non-hydrogen) atoms. The van der Waals surface area contributed by atoms with Gasteiger partial charge in [-0.05, 0) is 43.0 Å². The Balaban J connectivity index is 1.79. The van der Waals surface area contributed by atoms with Crippen molar-refractivity contribution >= 4 is 22.9 Å². The lowest BCUT2D eigenvalue weighted by Gasteiger charge is -2.26. The normalized spacial score (nSPS) is 27.8. The van der Waals surface area contributed by atoms with E-state index in [-0.39, 0.29) is 0 Å². The van der Waals surface area contributed by atoms with Crippen LogP contribution in [0.25, 0.3) is 0 Å². The van der Waals surface area contributed by atoms with Crippen LogP contribution in [0.4, 0.5) is 0 Å². The average molecular weight is 229 g/mol. The quantitative estimate of drug-likeness (QED) is 0.670. The van der Waals surface area contributed by atoms with E-state index in [1.165, 1.54) is 43.4 Å². The molecular formula is C12H17ClS. The molecule has 0 saturated heterocycles. The molecule has 2 unspecified atom stereocenters. The third kappa shape index (κ3) is 2.74. The third-order valence-corrected chi connectivity index (χ3v) is 4.67. The van der Waals surface area contributed by atoms with Crippen molar-refractivity contribution in [3.63, 3.8) is 0 Å². The summed E-state index contributed by atoms with van der Waals surface area (Å²) >= 11 is 8.20. The molecule has 0 spiro atoms. The smallest absolute Gasteiger partial charge is 0.0364 e. The van der Waals surface area contributed by atoms with Crippen molar-refractivity contribution in [1.29, 1.82) is 0 Å². The number of alkyl halides is 1. The predicted molar refractivity (Wildman–Crippen MR) is 64.2 cm³/mol. The summed E-state index contributed by atoms with van der Waals surface area (Å²) in [5, 5.41) is 2.61. The summed E-state index contributed by atoms with van der Waals surface area (Å²) in [5.74, 6) is 0.771. The first-order valence-electron chi connectivity index (χ1n) is 5.53. The Morgan fingerprint density at radius 3 is 2.93 bits per heavy atom. The van der Waals surface area contributed by atoms with Gasteiger partial charge in [0.25, 0.3) is 0 Å². The van der Waals surface area contributed by atoms with Gasteiger partial charge in [0, 0.05) is 10.3 Å². The highest BCUT2D eigenvalue weighted by Gasteiger charge is 2.22. The largest absolute Gasteiger partial charge is 0.149 e. The maximum atomic E-state index is 6.33. The minimum absolute atomic E-state index is 0.448. The molecule has 0 bridgehead atoms. The molecule has 78 valence electrons. The number of thiophene rings is 1. The lowest BCUT2D eigenvalue weighted by atomic mass is 9.85. The zero-order valence-electron chi connectivity index (χ0n) is 8.42. The van der Waals surface area contributed by atoms with Gasteiger partial charge in [-0.25, -0.2) is 0 Å². The Morgan fingerprint density at radius 1 is 1.36 bits per heavy atom. The van der Waals surface area contributed by atoms with E-state index >= 15 is 0 Å². The molecule has 2 rings (SSSR count). The van der Waals surface area contributed by atoms with Gasteiger partial charge in [0.1, 0.15) is 0 Å². The second-order valence-corrected chi connectivity index (χ2v) is 5.77. The highest BCUT2D eigenvalue weighted by atomic mass is 35.5. The molecule has 2 atom stereocenters. The average Bonchev–Trinajstić information content (AvgIpc) is 2.69. The Hall–Kier alpha value is -0.0100. The number of aryl methyl sites for hydroxylation is 1. The topological polar surface area (TPSA) is 0 Å². The molecule has 1 heterocycles. The van der Waals surface area contributed by atoms with Crippen LogP contribution in [0.5, 0.6) is 0 Å². The van der Waals surface area contributed by atoms with Gasteiger partial charge < -0.3 is 0 Å². The summed E-state index contributed by atoms with van der Waals surface area (Å²) in [5.41, 5.74) is 0. The number of halogens is 1. The van der Waals surface area contributed by atoms with E-state index in [1.807, 2.05) is 11.3 Å². The molecule has 0 aliphatic heterocycles. The first-order chi connectivity index (χ1) is 6.86. The minimum Gasteiger partial charge on any atom is -0.149 e. The predicted octanol–water partition coefficient (Wildman–Crippen LogP) is 4.48. The van der Waals surface area contributed by atoms with Gasteiger partial charge in [0.2, 0.25) is 0 Å². The van der Waals surface area contributed by atoms with E-state index in [4.69, 9.17) is 11.6 Å². The van der Waals surface area contributed by atoms with Gasteiger partial charge in [-0.1, -0.05) is 18.9 Å². The Morgan fingerprint density at radius 2 is 2.21 bits per heavy atom. The summed E-state index contributed by atoms with van der Waals surface area (Å²) in [6.07, 6.45) is 7.82. The van der Waals surface area contributed by atoms with Crippen LogP contribution in [0.2, 0.25) is 0 Å². The van der Waals surface area contributed by atoms with E-state index in [9.17, 15) is 0 Å². The van der Waals surface area contributed by atoms with Crippen molar-refractivity contribution in [1.82, 2.24) is 0 Å². The van der Waals surface area contributed by atoms with Crippen molar-refractivity contribution in [3.8, 4) is 0 Å². The lowest BCUT2D eigenvalue weighted by Crippen LogP contribution is -2.19. The first-order valence-corrected chi connectivity index (χ1v) is 6.84. The van der Waals surface area contributed by atoms with Crippen LogP contribution >= 0.6 is 22.9 Å². The van der Waals surface area contributed by atoms with Crippen LogP contribution in [0.15, 0.2) is 17.5 Å². The molecular weight excluding hydrogens is 212 g/mol. The highest BCUT2D eigenvalue weighted by Crippen LogP contribution is 2.32. The fourth-order valence-corrected chi connectivity index (χ4v) is 3.40. The second-order valence-electron chi connectivity index (χ2n) is 4.18. The van der Waals surface area contributed by atoms with Gasteiger partial charge in [0.15, 0.2) is 0 Å². The second kappa shape index (κ2) is 5.18. The first kappa shape index (κ1) is 10.5. The van der Waals surface area contributed by atoms with Crippen LogP contribution in [0, 0.1) is 5.92 Å². The third-order valence-electron chi connectivity index (χ3n) is 3.16. The molecule has 0 aromatic carbocycles. The summed E-state index contributed by atoms with van der Waals surface area (Å²) in [7, 11) is 0. The highest BCUT2D eigenvalue weighted by molar-refractivity contribution is 7.09. The number of hydrogen-bond donors (Lipinski definition) is 0. The van der Waals surface area contributed by atoms with E-state index in [0.717, 1.165) is 5.92 Å². The van der Waals surface area contributed by atoms with Gasteiger partial charge in [-0.15, -0.1) is 22.9 Å². The number of rotatable bonds is 3. The maximum Gasteiger partial charge on any atom is 0.0364 e. The molecule has 1 fully saturated rings. The zero-order valence-corrected chi connectivity index (χ0v) is 9.99. The summed E-state index contributed by atoms with van der Waals surface area (Å²) < 4.78 is 0. The van der Waals surface area contributed by atoms with Crippen LogP contribution in [-0.4, -0.2) is 5.38 Å². The molecule has 0 radical (unpaired) electrons. The Labute approximate surface area is 95.3 Å². The SMILES string of the molecule is ClC1CCCCC1CCc1cccs1. The van der Waals surface area contributed by atoms with Crippen LogP contribution in [0.3, 0.4) is 0 Å². The van der Waals surface area contributed by atoms with Gasteiger partial charge in [-0.3, -0.25) is 0 Å². The van der Waals surface area contributed by atoms with Gasteiger partial charge >= 0.3 is 0 Å². The van der Waals surface area contributed by atoms with E-state index < -0.39 is 0 Å². The Kier molecular flexibility index (Phi) is 3.89. The van der Waals surface area contributed by atoms with Crippen LogP contribution < -0.4 is 0 Å². The zero-order chi connectivity index (χ0) is 9.80. The molecule has 1 aromatic rings.